The second kappa shape index (κ2) is 7.47. The van der Waals surface area contributed by atoms with Gasteiger partial charge in [-0.3, -0.25) is 9.52 Å². The van der Waals surface area contributed by atoms with Gasteiger partial charge in [0.15, 0.2) is 0 Å². The maximum atomic E-state index is 14.0. The third-order valence-corrected chi connectivity index (χ3v) is 5.67. The Morgan fingerprint density at radius 1 is 1.28 bits per heavy atom. The molecule has 3 aromatic rings. The van der Waals surface area contributed by atoms with Gasteiger partial charge in [0.25, 0.3) is 5.91 Å². The van der Waals surface area contributed by atoms with Gasteiger partial charge in [-0.15, -0.1) is 0 Å². The number of amides is 1. The molecule has 0 bridgehead atoms. The zero-order valence-electron chi connectivity index (χ0n) is 15.9. The lowest BCUT2D eigenvalue weighted by atomic mass is 10.1. The predicted molar refractivity (Wildman–Crippen MR) is 109 cm³/mol. The molecule has 1 aromatic heterocycles. The summed E-state index contributed by atoms with van der Waals surface area (Å²) in [5.74, 6) is -0.969. The molecule has 1 N–H and O–H groups in total. The number of hydrogen-bond acceptors (Lipinski definition) is 4. The molecule has 1 saturated heterocycles. The lowest BCUT2D eigenvalue weighted by Crippen LogP contribution is -2.38. The average Bonchev–Trinajstić information content (AvgIpc) is 3.30. The van der Waals surface area contributed by atoms with E-state index in [0.29, 0.717) is 13.1 Å². The first-order valence-corrected chi connectivity index (χ1v) is 11.2. The molecular weight excluding hydrogens is 395 g/mol. The number of nitrogens with one attached hydrogen (secondary N) is 1. The van der Waals surface area contributed by atoms with Crippen LogP contribution in [0.3, 0.4) is 0 Å². The van der Waals surface area contributed by atoms with Gasteiger partial charge >= 0.3 is 0 Å². The summed E-state index contributed by atoms with van der Waals surface area (Å²) in [6, 6.07) is 11.5. The van der Waals surface area contributed by atoms with Crippen LogP contribution in [-0.2, 0) is 16.6 Å². The molecule has 1 amide bonds. The number of carbonyl (C=O) groups excluding carboxylic acids is 1. The molecule has 9 heteroatoms. The van der Waals surface area contributed by atoms with Crippen LogP contribution in [0.15, 0.2) is 48.8 Å². The Morgan fingerprint density at radius 2 is 2.07 bits per heavy atom. The molecule has 1 unspecified atom stereocenters. The summed E-state index contributed by atoms with van der Waals surface area (Å²) in [6.07, 6.45) is 4.44. The molecule has 152 valence electrons. The SMILES string of the molecule is CS(=O)(=O)Nc1cc(C(=O)N2CCCC2Cn2cnc3ccccc32)ccc1F. The molecule has 2 heterocycles. The van der Waals surface area contributed by atoms with E-state index in [-0.39, 0.29) is 23.2 Å². The van der Waals surface area contributed by atoms with Crippen LogP contribution in [0.1, 0.15) is 23.2 Å². The van der Waals surface area contributed by atoms with Gasteiger partial charge in [0.2, 0.25) is 10.0 Å². The normalized spacial score (nSPS) is 17.0. The summed E-state index contributed by atoms with van der Waals surface area (Å²) >= 11 is 0. The van der Waals surface area contributed by atoms with Crippen molar-refractivity contribution in [3.8, 4) is 0 Å². The number of benzene rings is 2. The highest BCUT2D eigenvalue weighted by Gasteiger charge is 2.30. The third-order valence-electron chi connectivity index (χ3n) is 5.08. The van der Waals surface area contributed by atoms with Crippen molar-refractivity contribution in [2.45, 2.75) is 25.4 Å². The molecular formula is C20H21FN4O3S. The summed E-state index contributed by atoms with van der Waals surface area (Å²) in [5.41, 5.74) is 1.93. The van der Waals surface area contributed by atoms with E-state index in [9.17, 15) is 17.6 Å². The maximum Gasteiger partial charge on any atom is 0.254 e. The Morgan fingerprint density at radius 3 is 2.86 bits per heavy atom. The topological polar surface area (TPSA) is 84.3 Å². The quantitative estimate of drug-likeness (QED) is 0.693. The number of fused-ring (bicyclic) bond motifs is 1. The van der Waals surface area contributed by atoms with Gasteiger partial charge < -0.3 is 9.47 Å². The molecule has 4 rings (SSSR count). The minimum Gasteiger partial charge on any atom is -0.334 e. The second-order valence-electron chi connectivity index (χ2n) is 7.25. The minimum atomic E-state index is -3.65. The Bertz CT molecular complexity index is 1180. The van der Waals surface area contributed by atoms with Crippen molar-refractivity contribution >= 4 is 32.7 Å². The van der Waals surface area contributed by atoms with E-state index in [4.69, 9.17) is 0 Å². The Kier molecular flexibility index (Phi) is 4.99. The first-order chi connectivity index (χ1) is 13.8. The van der Waals surface area contributed by atoms with Crippen molar-refractivity contribution in [1.29, 1.82) is 0 Å². The molecule has 0 aliphatic carbocycles. The fourth-order valence-corrected chi connectivity index (χ4v) is 4.33. The number of para-hydroxylation sites is 2. The van der Waals surface area contributed by atoms with Gasteiger partial charge in [-0.25, -0.2) is 17.8 Å². The van der Waals surface area contributed by atoms with Crippen LogP contribution in [0.25, 0.3) is 11.0 Å². The van der Waals surface area contributed by atoms with Crippen molar-refractivity contribution in [3.05, 3.63) is 60.2 Å². The summed E-state index contributed by atoms with van der Waals surface area (Å²) in [4.78, 5) is 19.2. The molecule has 1 atom stereocenters. The van der Waals surface area contributed by atoms with Gasteiger partial charge in [-0.1, -0.05) is 12.1 Å². The first-order valence-electron chi connectivity index (χ1n) is 9.30. The molecule has 0 radical (unpaired) electrons. The number of hydrogen-bond donors (Lipinski definition) is 1. The summed E-state index contributed by atoms with van der Waals surface area (Å²) in [6.45, 7) is 1.21. The van der Waals surface area contributed by atoms with E-state index >= 15 is 0 Å². The van der Waals surface area contributed by atoms with Gasteiger partial charge in [0.1, 0.15) is 5.82 Å². The van der Waals surface area contributed by atoms with Gasteiger partial charge in [0, 0.05) is 18.7 Å². The number of likely N-dealkylation sites (tertiary alicyclic amines) is 1. The fraction of sp³-hybridized carbons (Fsp3) is 0.300. The number of sulfonamides is 1. The second-order valence-corrected chi connectivity index (χ2v) is 9.00. The molecule has 29 heavy (non-hydrogen) atoms. The smallest absolute Gasteiger partial charge is 0.254 e. The van der Waals surface area contributed by atoms with Crippen molar-refractivity contribution < 1.29 is 17.6 Å². The van der Waals surface area contributed by atoms with Crippen molar-refractivity contribution in [2.75, 3.05) is 17.5 Å². The summed E-state index contributed by atoms with van der Waals surface area (Å²) in [5, 5.41) is 0. The third kappa shape index (κ3) is 4.09. The molecule has 2 aromatic carbocycles. The molecule has 0 saturated carbocycles. The number of carbonyl (C=O) groups is 1. The highest BCUT2D eigenvalue weighted by atomic mass is 32.2. The number of nitrogens with zero attached hydrogens (tertiary/aromatic N) is 3. The molecule has 1 aliphatic heterocycles. The van der Waals surface area contributed by atoms with E-state index in [0.717, 1.165) is 36.2 Å². The molecule has 1 fully saturated rings. The van der Waals surface area contributed by atoms with Crippen LogP contribution in [0.2, 0.25) is 0 Å². The molecule has 1 aliphatic rings. The predicted octanol–water partition coefficient (Wildman–Crippen LogP) is 2.85. The van der Waals surface area contributed by atoms with Crippen LogP contribution in [0, 0.1) is 5.82 Å². The number of anilines is 1. The molecule has 7 nitrogen and oxygen atoms in total. The van der Waals surface area contributed by atoms with Crippen molar-refractivity contribution in [1.82, 2.24) is 14.5 Å². The monoisotopic (exact) mass is 416 g/mol. The average molecular weight is 416 g/mol. The van der Waals surface area contributed by atoms with E-state index in [1.807, 2.05) is 28.8 Å². The highest BCUT2D eigenvalue weighted by Crippen LogP contribution is 2.25. The lowest BCUT2D eigenvalue weighted by Gasteiger charge is -2.25. The van der Waals surface area contributed by atoms with Gasteiger partial charge in [-0.2, -0.15) is 0 Å². The Hall–Kier alpha value is -2.94. The standard InChI is InChI=1S/C20H21FN4O3S/c1-29(27,28)23-18-11-14(8-9-16(18)21)20(26)25-10-4-5-15(25)12-24-13-22-17-6-2-3-7-19(17)24/h2-3,6-9,11,13,15,23H,4-5,10,12H2,1H3. The van der Waals surface area contributed by atoms with Gasteiger partial charge in [-0.05, 0) is 43.2 Å². The van der Waals surface area contributed by atoms with Gasteiger partial charge in [0.05, 0.1) is 35.3 Å². The van der Waals surface area contributed by atoms with Crippen molar-refractivity contribution in [2.24, 2.45) is 0 Å². The number of imidazole rings is 1. The van der Waals surface area contributed by atoms with E-state index < -0.39 is 15.8 Å². The van der Waals surface area contributed by atoms with Crippen LogP contribution in [0.4, 0.5) is 10.1 Å². The number of halogens is 1. The maximum absolute atomic E-state index is 14.0. The van der Waals surface area contributed by atoms with E-state index in [2.05, 4.69) is 9.71 Å². The largest absolute Gasteiger partial charge is 0.334 e. The molecule has 0 spiro atoms. The zero-order valence-corrected chi connectivity index (χ0v) is 16.7. The summed E-state index contributed by atoms with van der Waals surface area (Å²) < 4.78 is 41.0. The number of aromatic nitrogens is 2. The highest BCUT2D eigenvalue weighted by molar-refractivity contribution is 7.92. The first kappa shape index (κ1) is 19.4. The number of rotatable bonds is 5. The fourth-order valence-electron chi connectivity index (χ4n) is 3.78. The Balaban J connectivity index is 1.57. The van der Waals surface area contributed by atoms with E-state index in [1.54, 1.807) is 11.2 Å². The summed E-state index contributed by atoms with van der Waals surface area (Å²) in [7, 11) is -3.65. The van der Waals surface area contributed by atoms with E-state index in [1.165, 1.54) is 12.1 Å². The van der Waals surface area contributed by atoms with Crippen LogP contribution in [0.5, 0.6) is 0 Å². The zero-order chi connectivity index (χ0) is 20.6. The van der Waals surface area contributed by atoms with Crippen molar-refractivity contribution in [3.63, 3.8) is 0 Å². The Labute approximate surface area is 168 Å². The minimum absolute atomic E-state index is 0.0172. The lowest BCUT2D eigenvalue weighted by molar-refractivity contribution is 0.0725. The van der Waals surface area contributed by atoms with Crippen LogP contribution < -0.4 is 4.72 Å². The van der Waals surface area contributed by atoms with Crippen LogP contribution in [-0.4, -0.2) is 47.6 Å². The van der Waals surface area contributed by atoms with Crippen LogP contribution >= 0.6 is 0 Å².